The molecule has 0 saturated carbocycles. The average molecular weight is 277 g/mol. The second-order valence-corrected chi connectivity index (χ2v) is 5.10. The summed E-state index contributed by atoms with van der Waals surface area (Å²) in [7, 11) is 0. The molecule has 104 valence electrons. The first-order chi connectivity index (χ1) is 9.52. The van der Waals surface area contributed by atoms with E-state index in [9.17, 15) is 13.2 Å². The third-order valence-electron chi connectivity index (χ3n) is 3.58. The van der Waals surface area contributed by atoms with Gasteiger partial charge in [-0.3, -0.25) is 0 Å². The van der Waals surface area contributed by atoms with Crippen LogP contribution in [0, 0.1) is 0 Å². The molecule has 0 bridgehead atoms. The molecule has 20 heavy (non-hydrogen) atoms. The number of nitrogens with one attached hydrogen (secondary N) is 1. The lowest BCUT2D eigenvalue weighted by molar-refractivity contribution is -0.137. The molecule has 0 saturated heterocycles. The molecule has 0 amide bonds. The van der Waals surface area contributed by atoms with E-state index in [0.717, 1.165) is 18.2 Å². The summed E-state index contributed by atoms with van der Waals surface area (Å²) in [5.74, 6) is 0. The molecule has 1 N–H and O–H groups in total. The molecule has 0 aliphatic carbocycles. The monoisotopic (exact) mass is 277 g/mol. The first-order valence-electron chi connectivity index (χ1n) is 6.53. The first kappa shape index (κ1) is 13.0. The van der Waals surface area contributed by atoms with Gasteiger partial charge < -0.3 is 5.32 Å². The van der Waals surface area contributed by atoms with Gasteiger partial charge in [0, 0.05) is 11.7 Å². The van der Waals surface area contributed by atoms with Crippen LogP contribution in [0.3, 0.4) is 0 Å². The maximum atomic E-state index is 12.7. The van der Waals surface area contributed by atoms with Crippen LogP contribution in [-0.4, -0.2) is 6.04 Å². The van der Waals surface area contributed by atoms with Crippen LogP contribution in [0.15, 0.2) is 48.5 Å². The van der Waals surface area contributed by atoms with Gasteiger partial charge in [0.2, 0.25) is 0 Å². The van der Waals surface area contributed by atoms with E-state index in [4.69, 9.17) is 0 Å². The summed E-state index contributed by atoms with van der Waals surface area (Å²) in [6, 6.07) is 13.7. The highest BCUT2D eigenvalue weighted by atomic mass is 19.4. The second kappa shape index (κ2) is 4.85. The molecule has 1 aliphatic rings. The molecule has 0 aromatic heterocycles. The van der Waals surface area contributed by atoms with Crippen LogP contribution in [0.4, 0.5) is 18.9 Å². The highest BCUT2D eigenvalue weighted by molar-refractivity contribution is 5.56. The van der Waals surface area contributed by atoms with Gasteiger partial charge in [0.25, 0.3) is 0 Å². The van der Waals surface area contributed by atoms with Crippen LogP contribution in [0.2, 0.25) is 0 Å². The van der Waals surface area contributed by atoms with Gasteiger partial charge >= 0.3 is 6.18 Å². The Balaban J connectivity index is 1.74. The van der Waals surface area contributed by atoms with E-state index in [1.165, 1.54) is 17.7 Å². The Morgan fingerprint density at radius 2 is 1.85 bits per heavy atom. The van der Waals surface area contributed by atoms with Gasteiger partial charge in [-0.1, -0.05) is 36.4 Å². The minimum Gasteiger partial charge on any atom is -0.381 e. The Morgan fingerprint density at radius 1 is 1.05 bits per heavy atom. The molecule has 1 atom stereocenters. The minimum atomic E-state index is -4.28. The third kappa shape index (κ3) is 2.64. The number of anilines is 1. The lowest BCUT2D eigenvalue weighted by Gasteiger charge is -2.13. The van der Waals surface area contributed by atoms with Crippen molar-refractivity contribution in [1.82, 2.24) is 0 Å². The molecule has 1 heterocycles. The molecule has 3 rings (SSSR count). The largest absolute Gasteiger partial charge is 0.416 e. The number of hydrogen-bond donors (Lipinski definition) is 1. The highest BCUT2D eigenvalue weighted by Gasteiger charge is 2.30. The third-order valence-corrected chi connectivity index (χ3v) is 3.58. The second-order valence-electron chi connectivity index (χ2n) is 5.10. The van der Waals surface area contributed by atoms with Gasteiger partial charge in [-0.2, -0.15) is 13.2 Å². The molecule has 1 aliphatic heterocycles. The zero-order chi connectivity index (χ0) is 14.2. The van der Waals surface area contributed by atoms with E-state index in [-0.39, 0.29) is 6.04 Å². The highest BCUT2D eigenvalue weighted by Crippen LogP contribution is 2.31. The normalized spacial score (nSPS) is 17.6. The Morgan fingerprint density at radius 3 is 2.60 bits per heavy atom. The molecule has 0 fully saturated rings. The van der Waals surface area contributed by atoms with Crippen molar-refractivity contribution in [3.8, 4) is 0 Å². The van der Waals surface area contributed by atoms with Crippen molar-refractivity contribution in [3.63, 3.8) is 0 Å². The van der Waals surface area contributed by atoms with E-state index in [1.54, 1.807) is 6.07 Å². The predicted octanol–water partition coefficient (Wildman–Crippen LogP) is 4.28. The van der Waals surface area contributed by atoms with Crippen molar-refractivity contribution in [2.45, 2.75) is 25.1 Å². The lowest BCUT2D eigenvalue weighted by Crippen LogP contribution is -2.18. The number of fused-ring (bicyclic) bond motifs is 1. The summed E-state index contributed by atoms with van der Waals surface area (Å²) in [5, 5.41) is 3.36. The number of halogens is 3. The lowest BCUT2D eigenvalue weighted by atomic mass is 10.0. The first-order valence-corrected chi connectivity index (χ1v) is 6.53. The summed E-state index contributed by atoms with van der Waals surface area (Å²) in [6.07, 6.45) is -2.83. The van der Waals surface area contributed by atoms with Gasteiger partial charge in [-0.15, -0.1) is 0 Å². The van der Waals surface area contributed by atoms with Crippen molar-refractivity contribution >= 4 is 5.69 Å². The summed E-state index contributed by atoms with van der Waals surface area (Å²) in [5.41, 5.74) is 2.45. The minimum absolute atomic E-state index is 0.163. The standard InChI is InChI=1S/C16H14F3N/c17-16(18,19)13-6-3-4-11(8-13)9-14-10-12-5-1-2-7-15(12)20-14/h1-8,14,20H,9-10H2. The van der Waals surface area contributed by atoms with E-state index in [1.807, 2.05) is 18.2 Å². The molecular weight excluding hydrogens is 263 g/mol. The van der Waals surface area contributed by atoms with Crippen LogP contribution < -0.4 is 5.32 Å². The Labute approximate surface area is 115 Å². The predicted molar refractivity (Wildman–Crippen MR) is 72.7 cm³/mol. The maximum absolute atomic E-state index is 12.7. The number of para-hydroxylation sites is 1. The van der Waals surface area contributed by atoms with Crippen LogP contribution in [-0.2, 0) is 19.0 Å². The van der Waals surface area contributed by atoms with Crippen LogP contribution in [0.5, 0.6) is 0 Å². The van der Waals surface area contributed by atoms with Crippen molar-refractivity contribution in [2.75, 3.05) is 5.32 Å². The van der Waals surface area contributed by atoms with E-state index < -0.39 is 11.7 Å². The summed E-state index contributed by atoms with van der Waals surface area (Å²) in [4.78, 5) is 0. The maximum Gasteiger partial charge on any atom is 0.416 e. The van der Waals surface area contributed by atoms with Crippen LogP contribution >= 0.6 is 0 Å². The van der Waals surface area contributed by atoms with Gasteiger partial charge in [0.1, 0.15) is 0 Å². The quantitative estimate of drug-likeness (QED) is 0.863. The smallest absolute Gasteiger partial charge is 0.381 e. The summed E-state index contributed by atoms with van der Waals surface area (Å²) in [6.45, 7) is 0. The van der Waals surface area contributed by atoms with Gasteiger partial charge in [0.15, 0.2) is 0 Å². The van der Waals surface area contributed by atoms with Crippen molar-refractivity contribution in [3.05, 3.63) is 65.2 Å². The fourth-order valence-corrected chi connectivity index (χ4v) is 2.66. The number of hydrogen-bond acceptors (Lipinski definition) is 1. The van der Waals surface area contributed by atoms with E-state index in [2.05, 4.69) is 11.4 Å². The molecule has 2 aromatic carbocycles. The zero-order valence-electron chi connectivity index (χ0n) is 10.7. The summed E-state index contributed by atoms with van der Waals surface area (Å²) >= 11 is 0. The topological polar surface area (TPSA) is 12.0 Å². The van der Waals surface area contributed by atoms with Crippen molar-refractivity contribution < 1.29 is 13.2 Å². The molecule has 0 spiro atoms. The number of rotatable bonds is 2. The van der Waals surface area contributed by atoms with Gasteiger partial charge in [-0.05, 0) is 36.1 Å². The number of alkyl halides is 3. The fourth-order valence-electron chi connectivity index (χ4n) is 2.66. The van der Waals surface area contributed by atoms with Gasteiger partial charge in [-0.25, -0.2) is 0 Å². The van der Waals surface area contributed by atoms with E-state index >= 15 is 0 Å². The number of benzene rings is 2. The Hall–Kier alpha value is -1.97. The Bertz CT molecular complexity index is 594. The van der Waals surface area contributed by atoms with E-state index in [0.29, 0.717) is 12.0 Å². The van der Waals surface area contributed by atoms with Crippen LogP contribution in [0.25, 0.3) is 0 Å². The molecule has 1 nitrogen and oxygen atoms in total. The SMILES string of the molecule is FC(F)(F)c1cccc(CC2Cc3ccccc3N2)c1. The Kier molecular flexibility index (Phi) is 3.16. The van der Waals surface area contributed by atoms with Crippen molar-refractivity contribution in [2.24, 2.45) is 0 Å². The zero-order valence-corrected chi connectivity index (χ0v) is 10.7. The fraction of sp³-hybridized carbons (Fsp3) is 0.250. The summed E-state index contributed by atoms with van der Waals surface area (Å²) < 4.78 is 38.0. The molecule has 1 unspecified atom stereocenters. The van der Waals surface area contributed by atoms with Gasteiger partial charge in [0.05, 0.1) is 5.56 Å². The molecule has 0 radical (unpaired) electrons. The molecule has 4 heteroatoms. The molecular formula is C16H14F3N. The average Bonchev–Trinajstić information content (AvgIpc) is 2.80. The molecule has 2 aromatic rings. The van der Waals surface area contributed by atoms with Crippen molar-refractivity contribution in [1.29, 1.82) is 0 Å². The van der Waals surface area contributed by atoms with Crippen LogP contribution in [0.1, 0.15) is 16.7 Å².